The summed E-state index contributed by atoms with van der Waals surface area (Å²) in [5, 5.41) is 10.2. The SMILES string of the molecule is OC1(C2CC2)CN(CCOc2cccc(Br)c2)C1. The van der Waals surface area contributed by atoms with Gasteiger partial charge >= 0.3 is 0 Å². The van der Waals surface area contributed by atoms with Crippen molar-refractivity contribution in [2.45, 2.75) is 18.4 Å². The summed E-state index contributed by atoms with van der Waals surface area (Å²) < 4.78 is 6.72. The number of hydrogen-bond donors (Lipinski definition) is 1. The summed E-state index contributed by atoms with van der Waals surface area (Å²) in [4.78, 5) is 2.26. The predicted octanol–water partition coefficient (Wildman–Crippen LogP) is 2.28. The van der Waals surface area contributed by atoms with Gasteiger partial charge in [0.05, 0.1) is 5.60 Å². The van der Waals surface area contributed by atoms with Crippen molar-refractivity contribution in [1.29, 1.82) is 0 Å². The summed E-state index contributed by atoms with van der Waals surface area (Å²) in [6.45, 7) is 3.21. The highest BCUT2D eigenvalue weighted by atomic mass is 79.9. The molecule has 0 atom stereocenters. The molecular weight excluding hydrogens is 294 g/mol. The number of halogens is 1. The second-order valence-electron chi connectivity index (χ2n) is 5.39. The van der Waals surface area contributed by atoms with Gasteiger partial charge in [0.15, 0.2) is 0 Å². The first kappa shape index (κ1) is 12.5. The third-order valence-corrected chi connectivity index (χ3v) is 4.30. The number of aliphatic hydroxyl groups is 1. The standard InChI is InChI=1S/C14H18BrNO2/c15-12-2-1-3-13(8-12)18-7-6-16-9-14(17,10-16)11-4-5-11/h1-3,8,11,17H,4-7,9-10H2. The number of nitrogens with zero attached hydrogens (tertiary/aromatic N) is 1. The van der Waals surface area contributed by atoms with E-state index in [9.17, 15) is 5.11 Å². The third kappa shape index (κ3) is 2.71. The highest BCUT2D eigenvalue weighted by Gasteiger charge is 2.51. The van der Waals surface area contributed by atoms with Gasteiger partial charge in [-0.05, 0) is 37.0 Å². The monoisotopic (exact) mass is 311 g/mol. The van der Waals surface area contributed by atoms with Crippen LogP contribution in [-0.2, 0) is 0 Å². The molecule has 1 saturated heterocycles. The van der Waals surface area contributed by atoms with Gasteiger partial charge < -0.3 is 9.84 Å². The number of β-amino-alcohol motifs (C(OH)–C–C–N with tert-alkyl or cyclic N) is 1. The topological polar surface area (TPSA) is 32.7 Å². The first-order valence-electron chi connectivity index (χ1n) is 6.49. The van der Waals surface area contributed by atoms with Crippen molar-refractivity contribution in [3.8, 4) is 5.75 Å². The Labute approximate surface area is 116 Å². The minimum Gasteiger partial charge on any atom is -0.492 e. The quantitative estimate of drug-likeness (QED) is 0.905. The Hall–Kier alpha value is -0.580. The lowest BCUT2D eigenvalue weighted by atomic mass is 9.89. The van der Waals surface area contributed by atoms with Crippen molar-refractivity contribution >= 4 is 15.9 Å². The smallest absolute Gasteiger partial charge is 0.120 e. The average molecular weight is 312 g/mol. The summed E-state index contributed by atoms with van der Waals surface area (Å²) in [5.74, 6) is 1.46. The molecule has 1 aromatic rings. The maximum Gasteiger partial charge on any atom is 0.120 e. The molecule has 2 aliphatic rings. The van der Waals surface area contributed by atoms with Crippen LogP contribution in [0.3, 0.4) is 0 Å². The summed E-state index contributed by atoms with van der Waals surface area (Å²) in [7, 11) is 0. The molecular formula is C14H18BrNO2. The van der Waals surface area contributed by atoms with Crippen molar-refractivity contribution in [2.24, 2.45) is 5.92 Å². The Morgan fingerprint density at radius 3 is 2.83 bits per heavy atom. The van der Waals surface area contributed by atoms with Crippen LogP contribution in [0.5, 0.6) is 5.75 Å². The second kappa shape index (κ2) is 4.83. The zero-order chi connectivity index (χ0) is 12.6. The van der Waals surface area contributed by atoms with Gasteiger partial charge in [0.1, 0.15) is 12.4 Å². The molecule has 3 nitrogen and oxygen atoms in total. The van der Waals surface area contributed by atoms with E-state index in [1.165, 1.54) is 12.8 Å². The van der Waals surface area contributed by atoms with Crippen LogP contribution < -0.4 is 4.74 Å². The van der Waals surface area contributed by atoms with Gasteiger partial charge in [-0.2, -0.15) is 0 Å². The van der Waals surface area contributed by atoms with Gasteiger partial charge in [0, 0.05) is 24.1 Å². The zero-order valence-corrected chi connectivity index (χ0v) is 11.9. The van der Waals surface area contributed by atoms with Gasteiger partial charge in [-0.3, -0.25) is 4.90 Å². The summed E-state index contributed by atoms with van der Waals surface area (Å²) in [6.07, 6.45) is 2.41. The van der Waals surface area contributed by atoms with Gasteiger partial charge in [-0.15, -0.1) is 0 Å². The van der Waals surface area contributed by atoms with E-state index < -0.39 is 0 Å². The maximum absolute atomic E-state index is 10.2. The molecule has 18 heavy (non-hydrogen) atoms. The lowest BCUT2D eigenvalue weighted by molar-refractivity contribution is -0.115. The number of likely N-dealkylation sites (tertiary alicyclic amines) is 1. The van der Waals surface area contributed by atoms with Crippen molar-refractivity contribution in [3.63, 3.8) is 0 Å². The molecule has 1 aliphatic carbocycles. The molecule has 4 heteroatoms. The molecule has 3 rings (SSSR count). The highest BCUT2D eigenvalue weighted by Crippen LogP contribution is 2.44. The molecule has 1 aromatic carbocycles. The molecule has 1 aliphatic heterocycles. The van der Waals surface area contributed by atoms with E-state index in [2.05, 4.69) is 20.8 Å². The molecule has 0 unspecified atom stereocenters. The number of ether oxygens (including phenoxy) is 1. The van der Waals surface area contributed by atoms with E-state index in [1.807, 2.05) is 24.3 Å². The fourth-order valence-electron chi connectivity index (χ4n) is 2.61. The molecule has 1 heterocycles. The number of benzene rings is 1. The molecule has 98 valence electrons. The van der Waals surface area contributed by atoms with Gasteiger partial charge in [0.25, 0.3) is 0 Å². The van der Waals surface area contributed by atoms with Crippen molar-refractivity contribution in [2.75, 3.05) is 26.2 Å². The normalized spacial score (nSPS) is 22.6. The zero-order valence-electron chi connectivity index (χ0n) is 10.3. The molecule has 0 bridgehead atoms. The third-order valence-electron chi connectivity index (χ3n) is 3.80. The lowest BCUT2D eigenvalue weighted by Gasteiger charge is -2.47. The molecule has 0 radical (unpaired) electrons. The van der Waals surface area contributed by atoms with Crippen molar-refractivity contribution < 1.29 is 9.84 Å². The highest BCUT2D eigenvalue weighted by molar-refractivity contribution is 9.10. The minimum atomic E-state index is -0.379. The van der Waals surface area contributed by atoms with Gasteiger partial charge in [-0.1, -0.05) is 22.0 Å². The number of rotatable bonds is 5. The van der Waals surface area contributed by atoms with Gasteiger partial charge in [-0.25, -0.2) is 0 Å². The molecule has 1 N–H and O–H groups in total. The predicted molar refractivity (Wildman–Crippen MR) is 73.8 cm³/mol. The molecule has 2 fully saturated rings. The molecule has 0 amide bonds. The Balaban J connectivity index is 1.38. The van der Waals surface area contributed by atoms with Crippen molar-refractivity contribution in [1.82, 2.24) is 4.90 Å². The van der Waals surface area contributed by atoms with Crippen LogP contribution in [0.25, 0.3) is 0 Å². The first-order valence-corrected chi connectivity index (χ1v) is 7.28. The van der Waals surface area contributed by atoms with Crippen LogP contribution >= 0.6 is 15.9 Å². The fraction of sp³-hybridized carbons (Fsp3) is 0.571. The van der Waals surface area contributed by atoms with Crippen LogP contribution in [0.1, 0.15) is 12.8 Å². The minimum absolute atomic E-state index is 0.379. The van der Waals surface area contributed by atoms with Crippen LogP contribution in [0, 0.1) is 5.92 Å². The van der Waals surface area contributed by atoms with Crippen LogP contribution in [0.4, 0.5) is 0 Å². The molecule has 1 saturated carbocycles. The van der Waals surface area contributed by atoms with Crippen LogP contribution in [0.15, 0.2) is 28.7 Å². The van der Waals surface area contributed by atoms with E-state index in [4.69, 9.17) is 4.74 Å². The first-order chi connectivity index (χ1) is 8.66. The maximum atomic E-state index is 10.2. The fourth-order valence-corrected chi connectivity index (χ4v) is 2.99. The summed E-state index contributed by atoms with van der Waals surface area (Å²) in [5.41, 5.74) is -0.379. The Morgan fingerprint density at radius 1 is 1.39 bits per heavy atom. The average Bonchev–Trinajstić information content (AvgIpc) is 3.10. The summed E-state index contributed by atoms with van der Waals surface area (Å²) >= 11 is 3.42. The Bertz CT molecular complexity index is 428. The van der Waals surface area contributed by atoms with E-state index in [1.54, 1.807) is 0 Å². The van der Waals surface area contributed by atoms with Crippen LogP contribution in [0.2, 0.25) is 0 Å². The second-order valence-corrected chi connectivity index (χ2v) is 6.31. The van der Waals surface area contributed by atoms with E-state index in [0.29, 0.717) is 12.5 Å². The van der Waals surface area contributed by atoms with Gasteiger partial charge in [0.2, 0.25) is 0 Å². The number of hydrogen-bond acceptors (Lipinski definition) is 3. The Kier molecular flexibility index (Phi) is 3.34. The lowest BCUT2D eigenvalue weighted by Crippen LogP contribution is -2.63. The van der Waals surface area contributed by atoms with E-state index in [0.717, 1.165) is 29.9 Å². The Morgan fingerprint density at radius 2 is 2.17 bits per heavy atom. The van der Waals surface area contributed by atoms with E-state index in [-0.39, 0.29) is 5.60 Å². The van der Waals surface area contributed by atoms with E-state index >= 15 is 0 Å². The van der Waals surface area contributed by atoms with Crippen LogP contribution in [-0.4, -0.2) is 41.8 Å². The molecule has 0 aromatic heterocycles. The molecule has 0 spiro atoms. The summed E-state index contributed by atoms with van der Waals surface area (Å²) in [6, 6.07) is 7.88. The van der Waals surface area contributed by atoms with Crippen molar-refractivity contribution in [3.05, 3.63) is 28.7 Å². The largest absolute Gasteiger partial charge is 0.492 e.